The van der Waals surface area contributed by atoms with Crippen LogP contribution in [0.5, 0.6) is 0 Å². The SMILES string of the molecule is CC(C(=O)Nc1ccc(C(F)(F)F)cc1)n1nc(-c2ccsc2Cl)ccc1=O. The van der Waals surface area contributed by atoms with E-state index < -0.39 is 29.2 Å². The normalized spacial score (nSPS) is 12.6. The second-order valence-electron chi connectivity index (χ2n) is 5.85. The first-order valence-electron chi connectivity index (χ1n) is 7.98. The van der Waals surface area contributed by atoms with Gasteiger partial charge in [-0.3, -0.25) is 9.59 Å². The topological polar surface area (TPSA) is 64.0 Å². The molecule has 0 fully saturated rings. The van der Waals surface area contributed by atoms with Gasteiger partial charge in [-0.1, -0.05) is 11.6 Å². The molecule has 0 aliphatic rings. The summed E-state index contributed by atoms with van der Waals surface area (Å²) in [5.41, 5.74) is -0.0762. The van der Waals surface area contributed by atoms with E-state index in [1.807, 2.05) is 0 Å². The summed E-state index contributed by atoms with van der Waals surface area (Å²) in [5.74, 6) is -0.595. The van der Waals surface area contributed by atoms with Gasteiger partial charge in [0, 0.05) is 17.3 Å². The van der Waals surface area contributed by atoms with Gasteiger partial charge in [0.1, 0.15) is 10.4 Å². The number of amides is 1. The molecule has 2 heterocycles. The maximum Gasteiger partial charge on any atom is 0.416 e. The maximum absolute atomic E-state index is 12.6. The van der Waals surface area contributed by atoms with Crippen LogP contribution in [0.2, 0.25) is 4.34 Å². The lowest BCUT2D eigenvalue weighted by atomic mass is 10.2. The number of aromatic nitrogens is 2. The van der Waals surface area contributed by atoms with E-state index in [1.54, 1.807) is 11.4 Å². The Morgan fingerprint density at radius 3 is 2.43 bits per heavy atom. The lowest BCUT2D eigenvalue weighted by Gasteiger charge is -2.15. The minimum atomic E-state index is -4.46. The van der Waals surface area contributed by atoms with Crippen LogP contribution in [0, 0.1) is 0 Å². The molecule has 1 unspecified atom stereocenters. The fourth-order valence-corrected chi connectivity index (χ4v) is 3.36. The number of benzene rings is 1. The molecule has 1 N–H and O–H groups in total. The van der Waals surface area contributed by atoms with E-state index in [0.717, 1.165) is 28.9 Å². The molecule has 3 rings (SSSR count). The third kappa shape index (κ3) is 4.26. The van der Waals surface area contributed by atoms with Gasteiger partial charge >= 0.3 is 6.18 Å². The van der Waals surface area contributed by atoms with E-state index in [0.29, 0.717) is 15.6 Å². The summed E-state index contributed by atoms with van der Waals surface area (Å²) in [7, 11) is 0. The highest BCUT2D eigenvalue weighted by Gasteiger charge is 2.30. The number of anilines is 1. The Bertz CT molecular complexity index is 1060. The summed E-state index contributed by atoms with van der Waals surface area (Å²) >= 11 is 7.40. The smallest absolute Gasteiger partial charge is 0.324 e. The third-order valence-electron chi connectivity index (χ3n) is 3.95. The highest BCUT2D eigenvalue weighted by Crippen LogP contribution is 2.31. The van der Waals surface area contributed by atoms with Gasteiger partial charge in [-0.15, -0.1) is 11.3 Å². The fourth-order valence-electron chi connectivity index (χ4n) is 2.42. The van der Waals surface area contributed by atoms with Gasteiger partial charge < -0.3 is 5.32 Å². The highest BCUT2D eigenvalue weighted by molar-refractivity contribution is 7.15. The molecule has 10 heteroatoms. The van der Waals surface area contributed by atoms with Crippen LogP contribution in [-0.4, -0.2) is 15.7 Å². The zero-order valence-electron chi connectivity index (χ0n) is 14.3. The summed E-state index contributed by atoms with van der Waals surface area (Å²) in [6.07, 6.45) is -4.46. The Morgan fingerprint density at radius 1 is 1.18 bits per heavy atom. The van der Waals surface area contributed by atoms with Crippen molar-refractivity contribution in [2.45, 2.75) is 19.1 Å². The molecule has 0 spiro atoms. The van der Waals surface area contributed by atoms with Gasteiger partial charge in [-0.05, 0) is 48.7 Å². The van der Waals surface area contributed by atoms with Crippen LogP contribution >= 0.6 is 22.9 Å². The molecule has 28 heavy (non-hydrogen) atoms. The molecule has 1 atom stereocenters. The number of carbonyl (C=O) groups excluding carboxylic acids is 1. The number of halogens is 4. The Balaban J connectivity index is 1.82. The molecule has 1 aromatic carbocycles. The van der Waals surface area contributed by atoms with Crippen LogP contribution < -0.4 is 10.9 Å². The standard InChI is InChI=1S/C18H13ClF3N3O2S/c1-10(17(27)23-12-4-2-11(3-5-12)18(20,21)22)25-15(26)7-6-14(24-25)13-8-9-28-16(13)19/h2-10H,1H3,(H,23,27). The molecule has 0 aliphatic carbocycles. The quantitative estimate of drug-likeness (QED) is 0.647. The largest absolute Gasteiger partial charge is 0.416 e. The lowest BCUT2D eigenvalue weighted by molar-refractivity contribution is -0.137. The molecule has 5 nitrogen and oxygen atoms in total. The summed E-state index contributed by atoms with van der Waals surface area (Å²) < 4.78 is 39.4. The number of thiophene rings is 1. The van der Waals surface area contributed by atoms with Crippen molar-refractivity contribution < 1.29 is 18.0 Å². The number of hydrogen-bond donors (Lipinski definition) is 1. The van der Waals surface area contributed by atoms with Crippen molar-refractivity contribution in [3.05, 3.63) is 68.1 Å². The zero-order valence-corrected chi connectivity index (χ0v) is 15.9. The molecule has 0 bridgehead atoms. The van der Waals surface area contributed by atoms with Gasteiger partial charge in [0.2, 0.25) is 5.91 Å². The molecular formula is C18H13ClF3N3O2S. The first kappa shape index (κ1) is 20.1. The number of nitrogens with zero attached hydrogens (tertiary/aromatic N) is 2. The van der Waals surface area contributed by atoms with Crippen molar-refractivity contribution in [2.24, 2.45) is 0 Å². The molecule has 0 saturated carbocycles. The predicted octanol–water partition coefficient (Wildman–Crippen LogP) is 4.84. The van der Waals surface area contributed by atoms with Crippen molar-refractivity contribution >= 4 is 34.5 Å². The van der Waals surface area contributed by atoms with E-state index in [1.165, 1.54) is 30.4 Å². The van der Waals surface area contributed by atoms with Gasteiger partial charge in [-0.25, -0.2) is 4.68 Å². The van der Waals surface area contributed by atoms with Crippen molar-refractivity contribution in [1.82, 2.24) is 9.78 Å². The van der Waals surface area contributed by atoms with E-state index in [2.05, 4.69) is 10.4 Å². The molecule has 146 valence electrons. The summed E-state index contributed by atoms with van der Waals surface area (Å²) in [6.45, 7) is 1.47. The van der Waals surface area contributed by atoms with E-state index in [9.17, 15) is 22.8 Å². The van der Waals surface area contributed by atoms with Crippen LogP contribution in [0.3, 0.4) is 0 Å². The lowest BCUT2D eigenvalue weighted by Crippen LogP contribution is -2.33. The van der Waals surface area contributed by atoms with Crippen LogP contribution in [0.15, 0.2) is 52.6 Å². The Labute approximate surface area is 166 Å². The number of rotatable bonds is 4. The average Bonchev–Trinajstić information content (AvgIpc) is 3.07. The minimum Gasteiger partial charge on any atom is -0.324 e. The van der Waals surface area contributed by atoms with E-state index >= 15 is 0 Å². The summed E-state index contributed by atoms with van der Waals surface area (Å²) in [6, 6.07) is 7.55. The van der Waals surface area contributed by atoms with Gasteiger partial charge in [0.25, 0.3) is 5.56 Å². The second-order valence-corrected chi connectivity index (χ2v) is 7.37. The average molecular weight is 428 g/mol. The number of carbonyl (C=O) groups is 1. The Hall–Kier alpha value is -2.65. The fraction of sp³-hybridized carbons (Fsp3) is 0.167. The molecule has 2 aromatic heterocycles. The van der Waals surface area contributed by atoms with Crippen molar-refractivity contribution in [1.29, 1.82) is 0 Å². The molecular weight excluding hydrogens is 415 g/mol. The Morgan fingerprint density at radius 2 is 1.86 bits per heavy atom. The van der Waals surface area contributed by atoms with Gasteiger partial charge in [0.05, 0.1) is 11.3 Å². The molecule has 0 aliphatic heterocycles. The van der Waals surface area contributed by atoms with E-state index in [-0.39, 0.29) is 5.69 Å². The first-order valence-corrected chi connectivity index (χ1v) is 9.24. The molecule has 3 aromatic rings. The maximum atomic E-state index is 12.6. The molecule has 1 amide bonds. The number of nitrogens with one attached hydrogen (secondary N) is 1. The monoisotopic (exact) mass is 427 g/mol. The van der Waals surface area contributed by atoms with Crippen LogP contribution in [-0.2, 0) is 11.0 Å². The van der Waals surface area contributed by atoms with Crippen LogP contribution in [0.25, 0.3) is 11.3 Å². The summed E-state index contributed by atoms with van der Waals surface area (Å²) in [5, 5.41) is 8.46. The predicted molar refractivity (Wildman–Crippen MR) is 102 cm³/mol. The zero-order chi connectivity index (χ0) is 20.5. The second kappa shape index (κ2) is 7.76. The molecule has 0 radical (unpaired) electrons. The molecule has 0 saturated heterocycles. The Kier molecular flexibility index (Phi) is 5.57. The number of hydrogen-bond acceptors (Lipinski definition) is 4. The number of alkyl halides is 3. The van der Waals surface area contributed by atoms with Crippen molar-refractivity contribution in [3.63, 3.8) is 0 Å². The summed E-state index contributed by atoms with van der Waals surface area (Å²) in [4.78, 5) is 24.6. The highest BCUT2D eigenvalue weighted by atomic mass is 35.5. The van der Waals surface area contributed by atoms with E-state index in [4.69, 9.17) is 11.6 Å². The van der Waals surface area contributed by atoms with Crippen molar-refractivity contribution in [3.8, 4) is 11.3 Å². The van der Waals surface area contributed by atoms with Crippen LogP contribution in [0.1, 0.15) is 18.5 Å². The van der Waals surface area contributed by atoms with Crippen molar-refractivity contribution in [2.75, 3.05) is 5.32 Å². The third-order valence-corrected chi connectivity index (χ3v) is 5.11. The van der Waals surface area contributed by atoms with Crippen LogP contribution in [0.4, 0.5) is 18.9 Å². The first-order chi connectivity index (χ1) is 13.2. The minimum absolute atomic E-state index is 0.176. The van der Waals surface area contributed by atoms with Gasteiger partial charge in [0.15, 0.2) is 0 Å². The van der Waals surface area contributed by atoms with Gasteiger partial charge in [-0.2, -0.15) is 18.3 Å².